The van der Waals surface area contributed by atoms with E-state index in [1.807, 2.05) is 36.4 Å². The van der Waals surface area contributed by atoms with Crippen molar-refractivity contribution in [2.75, 3.05) is 24.7 Å². The van der Waals surface area contributed by atoms with Crippen LogP contribution < -0.4 is 4.90 Å². The van der Waals surface area contributed by atoms with Crippen LogP contribution in [-0.2, 0) is 11.3 Å². The molecule has 1 saturated heterocycles. The number of fused-ring (bicyclic) bond motifs is 1. The summed E-state index contributed by atoms with van der Waals surface area (Å²) in [5, 5.41) is 9.73. The van der Waals surface area contributed by atoms with Crippen LogP contribution in [0.25, 0.3) is 22.4 Å². The van der Waals surface area contributed by atoms with E-state index in [0.29, 0.717) is 24.8 Å². The number of hydrogen-bond acceptors (Lipinski definition) is 6. The predicted molar refractivity (Wildman–Crippen MR) is 144 cm³/mol. The minimum atomic E-state index is 0.0560. The first-order valence-corrected chi connectivity index (χ1v) is 13.3. The van der Waals surface area contributed by atoms with Crippen molar-refractivity contribution in [1.82, 2.24) is 19.5 Å². The number of aromatic nitrogens is 4. The molecule has 0 unspecified atom stereocenters. The summed E-state index contributed by atoms with van der Waals surface area (Å²) in [4.78, 5) is 16.8. The molecule has 1 aliphatic heterocycles. The number of rotatable bonds is 5. The van der Waals surface area contributed by atoms with Gasteiger partial charge in [-0.1, -0.05) is 80.4 Å². The van der Waals surface area contributed by atoms with Crippen molar-refractivity contribution in [3.05, 3.63) is 72.1 Å². The van der Waals surface area contributed by atoms with Crippen LogP contribution in [-0.4, -0.2) is 39.3 Å². The van der Waals surface area contributed by atoms with Crippen LogP contribution in [0.2, 0.25) is 0 Å². The van der Waals surface area contributed by atoms with E-state index in [1.54, 1.807) is 0 Å². The van der Waals surface area contributed by atoms with Gasteiger partial charge in [-0.3, -0.25) is 0 Å². The summed E-state index contributed by atoms with van der Waals surface area (Å²) in [7, 11) is 0. The molecule has 2 aromatic heterocycles. The van der Waals surface area contributed by atoms with Crippen LogP contribution in [0.15, 0.2) is 60.7 Å². The SMILES string of the molecule is CC1CCC(Cn2c(N3CCOC[C@H]3c3ccccc3)nc3nc(C#N)nc(-c4ccccc4)c32)CC1. The zero-order chi connectivity index (χ0) is 25.2. The maximum absolute atomic E-state index is 9.73. The second kappa shape index (κ2) is 10.3. The smallest absolute Gasteiger partial charge is 0.234 e. The van der Waals surface area contributed by atoms with Gasteiger partial charge in [-0.05, 0) is 30.2 Å². The summed E-state index contributed by atoms with van der Waals surface area (Å²) in [6, 6.07) is 22.8. The highest BCUT2D eigenvalue weighted by molar-refractivity contribution is 5.90. The molecular formula is C30H32N6O. The van der Waals surface area contributed by atoms with E-state index in [0.717, 1.165) is 41.7 Å². The molecule has 3 heterocycles. The van der Waals surface area contributed by atoms with Crippen molar-refractivity contribution in [3.8, 4) is 17.3 Å². The average molecular weight is 493 g/mol. The third kappa shape index (κ3) is 4.70. The van der Waals surface area contributed by atoms with Crippen LogP contribution in [0.5, 0.6) is 0 Å². The van der Waals surface area contributed by atoms with E-state index in [-0.39, 0.29) is 11.9 Å². The van der Waals surface area contributed by atoms with E-state index in [2.05, 4.69) is 51.7 Å². The fourth-order valence-corrected chi connectivity index (χ4v) is 5.83. The lowest BCUT2D eigenvalue weighted by Crippen LogP contribution is -2.41. The summed E-state index contributed by atoms with van der Waals surface area (Å²) in [5.41, 5.74) is 4.45. The minimum absolute atomic E-state index is 0.0560. The Morgan fingerprint density at radius 3 is 2.41 bits per heavy atom. The van der Waals surface area contributed by atoms with Crippen molar-refractivity contribution in [2.45, 2.75) is 45.2 Å². The number of anilines is 1. The second-order valence-corrected chi connectivity index (χ2v) is 10.4. The third-order valence-corrected chi connectivity index (χ3v) is 7.88. The van der Waals surface area contributed by atoms with Gasteiger partial charge in [0.15, 0.2) is 5.65 Å². The van der Waals surface area contributed by atoms with E-state index in [1.165, 1.54) is 31.2 Å². The number of nitrogens with zero attached hydrogens (tertiary/aromatic N) is 6. The minimum Gasteiger partial charge on any atom is -0.377 e. The van der Waals surface area contributed by atoms with Crippen molar-refractivity contribution in [2.24, 2.45) is 11.8 Å². The Bertz CT molecular complexity index is 1400. The van der Waals surface area contributed by atoms with Crippen LogP contribution in [0, 0.1) is 23.2 Å². The molecule has 6 rings (SSSR count). The van der Waals surface area contributed by atoms with E-state index in [9.17, 15) is 5.26 Å². The van der Waals surface area contributed by atoms with Crippen molar-refractivity contribution in [1.29, 1.82) is 5.26 Å². The van der Waals surface area contributed by atoms with Crippen LogP contribution in [0.1, 0.15) is 50.0 Å². The molecule has 0 spiro atoms. The molecule has 4 aromatic rings. The lowest BCUT2D eigenvalue weighted by atomic mass is 9.83. The van der Waals surface area contributed by atoms with E-state index in [4.69, 9.17) is 14.7 Å². The molecule has 37 heavy (non-hydrogen) atoms. The Kier molecular flexibility index (Phi) is 6.58. The quantitative estimate of drug-likeness (QED) is 0.352. The van der Waals surface area contributed by atoms with Gasteiger partial charge >= 0.3 is 0 Å². The van der Waals surface area contributed by atoms with Crippen LogP contribution in [0.3, 0.4) is 0 Å². The molecule has 1 aliphatic carbocycles. The van der Waals surface area contributed by atoms with E-state index >= 15 is 0 Å². The maximum Gasteiger partial charge on any atom is 0.234 e. The van der Waals surface area contributed by atoms with E-state index < -0.39 is 0 Å². The van der Waals surface area contributed by atoms with Gasteiger partial charge in [0.2, 0.25) is 11.8 Å². The zero-order valence-corrected chi connectivity index (χ0v) is 21.3. The first kappa shape index (κ1) is 23.6. The molecule has 1 atom stereocenters. The molecular weight excluding hydrogens is 460 g/mol. The molecule has 2 fully saturated rings. The summed E-state index contributed by atoms with van der Waals surface area (Å²) >= 11 is 0. The van der Waals surface area contributed by atoms with Gasteiger partial charge in [-0.15, -0.1) is 0 Å². The van der Waals surface area contributed by atoms with Gasteiger partial charge in [0.1, 0.15) is 17.3 Å². The highest BCUT2D eigenvalue weighted by Gasteiger charge is 2.32. The molecule has 7 nitrogen and oxygen atoms in total. The Morgan fingerprint density at radius 2 is 1.68 bits per heavy atom. The van der Waals surface area contributed by atoms with Gasteiger partial charge in [0, 0.05) is 18.7 Å². The Labute approximate surface area is 217 Å². The van der Waals surface area contributed by atoms with Crippen molar-refractivity contribution >= 4 is 17.1 Å². The second-order valence-electron chi connectivity index (χ2n) is 10.4. The molecule has 0 N–H and O–H groups in total. The first-order valence-electron chi connectivity index (χ1n) is 13.3. The Balaban J connectivity index is 1.54. The number of benzene rings is 2. The molecule has 2 aliphatic rings. The van der Waals surface area contributed by atoms with Gasteiger partial charge in [0.25, 0.3) is 0 Å². The molecule has 7 heteroatoms. The van der Waals surface area contributed by atoms with Gasteiger partial charge in [-0.25, -0.2) is 4.98 Å². The summed E-state index contributed by atoms with van der Waals surface area (Å²) in [6.45, 7) is 5.22. The molecule has 188 valence electrons. The highest BCUT2D eigenvalue weighted by atomic mass is 16.5. The standard InChI is InChI=1S/C30H32N6O/c1-21-12-14-22(15-13-21)19-36-28-27(24-10-6-3-7-11-24)32-26(18-31)33-29(28)34-30(36)35-16-17-37-20-25(35)23-8-4-2-5-9-23/h2-11,21-22,25H,12-17,19-20H2,1H3/t21?,22?,25-/m0/s1. The topological polar surface area (TPSA) is 79.9 Å². The number of hydrogen-bond donors (Lipinski definition) is 0. The zero-order valence-electron chi connectivity index (χ0n) is 21.3. The number of imidazole rings is 1. The molecule has 0 radical (unpaired) electrons. The lowest BCUT2D eigenvalue weighted by molar-refractivity contribution is 0.0927. The van der Waals surface area contributed by atoms with Crippen LogP contribution >= 0.6 is 0 Å². The average Bonchev–Trinajstić information content (AvgIpc) is 3.32. The Morgan fingerprint density at radius 1 is 0.946 bits per heavy atom. The van der Waals surface area contributed by atoms with Gasteiger partial charge < -0.3 is 14.2 Å². The summed E-state index contributed by atoms with van der Waals surface area (Å²) in [5.74, 6) is 2.41. The lowest BCUT2D eigenvalue weighted by Gasteiger charge is -2.37. The maximum atomic E-state index is 9.73. The van der Waals surface area contributed by atoms with Crippen molar-refractivity contribution in [3.63, 3.8) is 0 Å². The molecule has 1 saturated carbocycles. The third-order valence-electron chi connectivity index (χ3n) is 7.88. The van der Waals surface area contributed by atoms with Gasteiger partial charge in [0.05, 0.1) is 19.3 Å². The van der Waals surface area contributed by atoms with Crippen molar-refractivity contribution < 1.29 is 4.74 Å². The Hall–Kier alpha value is -3.76. The van der Waals surface area contributed by atoms with Gasteiger partial charge in [-0.2, -0.15) is 15.2 Å². The van der Waals surface area contributed by atoms with Crippen LogP contribution in [0.4, 0.5) is 5.95 Å². The summed E-state index contributed by atoms with van der Waals surface area (Å²) in [6.07, 6.45) is 4.95. The molecule has 2 aromatic carbocycles. The number of ether oxygens (including phenoxy) is 1. The first-order chi connectivity index (χ1) is 18.2. The summed E-state index contributed by atoms with van der Waals surface area (Å²) < 4.78 is 8.29. The molecule has 0 amide bonds. The monoisotopic (exact) mass is 492 g/mol. The largest absolute Gasteiger partial charge is 0.377 e. The number of nitriles is 1. The highest BCUT2D eigenvalue weighted by Crippen LogP contribution is 2.37. The fraction of sp³-hybridized carbons (Fsp3) is 0.400. The predicted octanol–water partition coefficient (Wildman–Crippen LogP) is 5.77. The normalized spacial score (nSPS) is 22.2. The number of morpholine rings is 1. The fourth-order valence-electron chi connectivity index (χ4n) is 5.83. The molecule has 0 bridgehead atoms.